The maximum atomic E-state index is 8.94. The molecule has 5 nitrogen and oxygen atoms in total. The van der Waals surface area contributed by atoms with Crippen LogP contribution in [0.2, 0.25) is 0 Å². The molecule has 0 bridgehead atoms. The highest BCUT2D eigenvalue weighted by Crippen LogP contribution is 2.31. The Labute approximate surface area is 179 Å². The first-order valence-electron chi connectivity index (χ1n) is 9.88. The van der Waals surface area contributed by atoms with Crippen LogP contribution < -0.4 is 21.3 Å². The van der Waals surface area contributed by atoms with Crippen LogP contribution in [-0.2, 0) is 11.4 Å². The summed E-state index contributed by atoms with van der Waals surface area (Å²) in [5.41, 5.74) is 11.5. The van der Waals surface area contributed by atoms with Gasteiger partial charge in [-0.1, -0.05) is 42.0 Å². The molecule has 0 saturated heterocycles. The van der Waals surface area contributed by atoms with Gasteiger partial charge in [0.15, 0.2) is 0 Å². The molecule has 3 aromatic rings. The van der Waals surface area contributed by atoms with Crippen LogP contribution in [0.15, 0.2) is 54.6 Å². The average molecular weight is 406 g/mol. The van der Waals surface area contributed by atoms with Crippen molar-refractivity contribution < 1.29 is 9.53 Å². The predicted octanol–water partition coefficient (Wildman–Crippen LogP) is 4.81. The Hall–Kier alpha value is -3.31. The number of hydrogen-bond acceptors (Lipinski definition) is 4. The van der Waals surface area contributed by atoms with E-state index in [1.54, 1.807) is 5.43 Å². The molecule has 0 fully saturated rings. The SMILES string of the molecule is CNc1cccc(C)c1COc1cc(C)c(-c2cccc(C)c2)cc1C.NNC=O. The van der Waals surface area contributed by atoms with Crippen molar-refractivity contribution in [1.82, 2.24) is 5.43 Å². The maximum Gasteiger partial charge on any atom is 0.221 e. The van der Waals surface area contributed by atoms with Crippen LogP contribution in [-0.4, -0.2) is 13.5 Å². The first-order chi connectivity index (χ1) is 14.4. The highest BCUT2D eigenvalue weighted by Gasteiger charge is 2.10. The van der Waals surface area contributed by atoms with E-state index in [1.807, 2.05) is 7.05 Å². The molecule has 0 unspecified atom stereocenters. The van der Waals surface area contributed by atoms with Gasteiger partial charge < -0.3 is 10.1 Å². The number of carbonyl (C=O) groups is 1. The fraction of sp³-hybridized carbons (Fsp3) is 0.240. The van der Waals surface area contributed by atoms with E-state index in [2.05, 4.69) is 93.5 Å². The molecule has 0 aliphatic rings. The molecule has 0 aromatic heterocycles. The predicted molar refractivity (Wildman–Crippen MR) is 125 cm³/mol. The van der Waals surface area contributed by atoms with Gasteiger partial charge in [0.05, 0.1) is 0 Å². The van der Waals surface area contributed by atoms with E-state index >= 15 is 0 Å². The first kappa shape index (κ1) is 23.0. The Kier molecular flexibility index (Phi) is 8.44. The third-order valence-electron chi connectivity index (χ3n) is 4.97. The molecular formula is C25H31N3O2. The van der Waals surface area contributed by atoms with Crippen LogP contribution in [0, 0.1) is 27.7 Å². The van der Waals surface area contributed by atoms with Gasteiger partial charge in [-0.15, -0.1) is 0 Å². The number of benzene rings is 3. The van der Waals surface area contributed by atoms with E-state index in [4.69, 9.17) is 9.53 Å². The first-order valence-corrected chi connectivity index (χ1v) is 9.88. The van der Waals surface area contributed by atoms with Gasteiger partial charge in [-0.2, -0.15) is 0 Å². The Morgan fingerprint density at radius 1 is 0.933 bits per heavy atom. The number of nitrogens with one attached hydrogen (secondary N) is 2. The van der Waals surface area contributed by atoms with Crippen molar-refractivity contribution in [3.63, 3.8) is 0 Å². The fourth-order valence-corrected chi connectivity index (χ4v) is 3.35. The molecule has 4 N–H and O–H groups in total. The van der Waals surface area contributed by atoms with Gasteiger partial charge in [-0.05, 0) is 73.7 Å². The Morgan fingerprint density at radius 2 is 1.63 bits per heavy atom. The molecule has 1 amide bonds. The number of amides is 1. The van der Waals surface area contributed by atoms with Crippen LogP contribution in [0.3, 0.4) is 0 Å². The number of hydrazine groups is 1. The molecule has 0 radical (unpaired) electrons. The summed E-state index contributed by atoms with van der Waals surface area (Å²) in [6, 6.07) is 19.3. The largest absolute Gasteiger partial charge is 0.489 e. The van der Waals surface area contributed by atoms with Gasteiger partial charge >= 0.3 is 0 Å². The lowest BCUT2D eigenvalue weighted by molar-refractivity contribution is -0.109. The maximum absolute atomic E-state index is 8.94. The fourth-order valence-electron chi connectivity index (χ4n) is 3.35. The molecule has 3 aromatic carbocycles. The van der Waals surface area contributed by atoms with Crippen LogP contribution in [0.4, 0.5) is 5.69 Å². The number of aryl methyl sites for hydroxylation is 4. The van der Waals surface area contributed by atoms with Gasteiger partial charge in [0.25, 0.3) is 0 Å². The highest BCUT2D eigenvalue weighted by molar-refractivity contribution is 5.70. The van der Waals surface area contributed by atoms with E-state index in [1.165, 1.54) is 33.4 Å². The number of nitrogens with two attached hydrogens (primary N) is 1. The summed E-state index contributed by atoms with van der Waals surface area (Å²) in [6.07, 6.45) is 0.403. The lowest BCUT2D eigenvalue weighted by Crippen LogP contribution is -2.18. The van der Waals surface area contributed by atoms with Crippen LogP contribution in [0.25, 0.3) is 11.1 Å². The second kappa shape index (κ2) is 11.0. The zero-order chi connectivity index (χ0) is 22.1. The summed E-state index contributed by atoms with van der Waals surface area (Å²) < 4.78 is 6.20. The minimum atomic E-state index is 0.403. The summed E-state index contributed by atoms with van der Waals surface area (Å²) in [5, 5.41) is 3.25. The topological polar surface area (TPSA) is 76.4 Å². The molecule has 0 saturated carbocycles. The third kappa shape index (κ3) is 5.84. The van der Waals surface area contributed by atoms with E-state index < -0.39 is 0 Å². The molecule has 158 valence electrons. The molecule has 0 aliphatic carbocycles. The second-order valence-corrected chi connectivity index (χ2v) is 7.23. The van der Waals surface area contributed by atoms with Crippen molar-refractivity contribution in [1.29, 1.82) is 0 Å². The van der Waals surface area contributed by atoms with Crippen molar-refractivity contribution >= 4 is 12.1 Å². The minimum absolute atomic E-state index is 0.403. The number of carbonyl (C=O) groups excluding carboxylic acids is 1. The minimum Gasteiger partial charge on any atom is -0.489 e. The summed E-state index contributed by atoms with van der Waals surface area (Å²) in [5.74, 6) is 5.36. The van der Waals surface area contributed by atoms with Gasteiger partial charge in [0, 0.05) is 18.3 Å². The van der Waals surface area contributed by atoms with Gasteiger partial charge in [0.2, 0.25) is 6.41 Å². The van der Waals surface area contributed by atoms with Crippen molar-refractivity contribution in [3.05, 3.63) is 82.4 Å². The summed E-state index contributed by atoms with van der Waals surface area (Å²) in [6.45, 7) is 9.08. The molecule has 5 heteroatoms. The van der Waals surface area contributed by atoms with E-state index in [9.17, 15) is 0 Å². The molecule has 0 spiro atoms. The standard InChI is InChI=1S/C24H27NO.CH4N2O/c1-16-8-6-10-20(12-16)21-13-19(4)24(14-18(21)3)26-15-22-17(2)9-7-11-23(22)25-5;2-3-1-4/h6-14,25H,15H2,1-5H3;1H,2H2,(H,3,4). The quantitative estimate of drug-likeness (QED) is 0.238. The zero-order valence-electron chi connectivity index (χ0n) is 18.4. The molecule has 0 aliphatic heterocycles. The normalized spacial score (nSPS) is 9.93. The number of ether oxygens (including phenoxy) is 1. The van der Waals surface area contributed by atoms with Crippen LogP contribution in [0.5, 0.6) is 5.75 Å². The monoisotopic (exact) mass is 405 g/mol. The van der Waals surface area contributed by atoms with Gasteiger partial charge in [-0.25, -0.2) is 5.84 Å². The van der Waals surface area contributed by atoms with Crippen LogP contribution >= 0.6 is 0 Å². The molecular weight excluding hydrogens is 374 g/mol. The van der Waals surface area contributed by atoms with Gasteiger partial charge in [-0.3, -0.25) is 10.2 Å². The summed E-state index contributed by atoms with van der Waals surface area (Å²) in [7, 11) is 1.95. The molecule has 0 atom stereocenters. The summed E-state index contributed by atoms with van der Waals surface area (Å²) in [4.78, 5) is 8.94. The highest BCUT2D eigenvalue weighted by atomic mass is 16.5. The zero-order valence-corrected chi connectivity index (χ0v) is 18.4. The van der Waals surface area contributed by atoms with Crippen molar-refractivity contribution in [2.24, 2.45) is 5.84 Å². The van der Waals surface area contributed by atoms with Crippen LogP contribution in [0.1, 0.15) is 27.8 Å². The Balaban J connectivity index is 0.000000735. The van der Waals surface area contributed by atoms with E-state index in [0.717, 1.165) is 17.0 Å². The Morgan fingerprint density at radius 3 is 2.27 bits per heavy atom. The number of hydrogen-bond donors (Lipinski definition) is 3. The molecule has 3 rings (SSSR count). The van der Waals surface area contributed by atoms with E-state index in [-0.39, 0.29) is 0 Å². The van der Waals surface area contributed by atoms with E-state index in [0.29, 0.717) is 13.0 Å². The Bertz CT molecular complexity index is 1000. The second-order valence-electron chi connectivity index (χ2n) is 7.23. The van der Waals surface area contributed by atoms with Crippen molar-refractivity contribution in [2.75, 3.05) is 12.4 Å². The van der Waals surface area contributed by atoms with Gasteiger partial charge in [0.1, 0.15) is 12.4 Å². The molecule has 0 heterocycles. The average Bonchev–Trinajstić information content (AvgIpc) is 2.74. The number of rotatable bonds is 6. The summed E-state index contributed by atoms with van der Waals surface area (Å²) >= 11 is 0. The van der Waals surface area contributed by atoms with Crippen molar-refractivity contribution in [3.8, 4) is 16.9 Å². The smallest absolute Gasteiger partial charge is 0.221 e. The number of anilines is 1. The lowest BCUT2D eigenvalue weighted by atomic mass is 9.96. The molecule has 30 heavy (non-hydrogen) atoms. The third-order valence-corrected chi connectivity index (χ3v) is 4.97. The van der Waals surface area contributed by atoms with Crippen molar-refractivity contribution in [2.45, 2.75) is 34.3 Å². The lowest BCUT2D eigenvalue weighted by Gasteiger charge is -2.17.